The number of unbranched alkanes of at least 4 members (excludes halogenated alkanes) is 1. The number of amides is 2. The van der Waals surface area contributed by atoms with Crippen LogP contribution in [0.1, 0.15) is 25.7 Å². The molecule has 0 spiro atoms. The van der Waals surface area contributed by atoms with Crippen LogP contribution in [0.3, 0.4) is 0 Å². The van der Waals surface area contributed by atoms with Crippen molar-refractivity contribution in [1.29, 1.82) is 0 Å². The van der Waals surface area contributed by atoms with Crippen LogP contribution in [-0.2, 0) is 25.2 Å². The standard InChI is InChI=1S/C10H16N2O3S.Pd/c13-8(14)4-2-1-3-7-9-6(5-16-7)11-10(15)12-9;/h6-7,9H,1-5H2,(H,13,14)(H2,11,12,15);/t6-,7-,9-;/m0./s1. The molecule has 3 atom stereocenters. The van der Waals surface area contributed by atoms with Gasteiger partial charge in [0.1, 0.15) is 0 Å². The van der Waals surface area contributed by atoms with Gasteiger partial charge < -0.3 is 15.7 Å². The molecule has 2 saturated heterocycles. The number of fused-ring (bicyclic) bond motifs is 1. The molecular formula is C10H16N2O3PdS. The first kappa shape index (κ1) is 14.8. The number of rotatable bonds is 5. The second-order valence-electron chi connectivity index (χ2n) is 4.26. The fourth-order valence-electron chi connectivity index (χ4n) is 2.26. The molecule has 0 aromatic rings. The number of hydrogen-bond acceptors (Lipinski definition) is 3. The van der Waals surface area contributed by atoms with Gasteiger partial charge in [0.2, 0.25) is 0 Å². The fourth-order valence-corrected chi connectivity index (χ4v) is 3.81. The minimum absolute atomic E-state index is 0. The summed E-state index contributed by atoms with van der Waals surface area (Å²) in [4.78, 5) is 21.5. The topological polar surface area (TPSA) is 78.4 Å². The van der Waals surface area contributed by atoms with Crippen molar-refractivity contribution in [3.63, 3.8) is 0 Å². The number of carbonyl (C=O) groups excluding carboxylic acids is 1. The summed E-state index contributed by atoms with van der Waals surface area (Å²) in [7, 11) is 0. The summed E-state index contributed by atoms with van der Waals surface area (Å²) in [6.07, 6.45) is 2.88. The van der Waals surface area contributed by atoms with Crippen LogP contribution in [0.4, 0.5) is 4.79 Å². The maximum atomic E-state index is 11.1. The van der Waals surface area contributed by atoms with Crippen LogP contribution in [0.5, 0.6) is 0 Å². The van der Waals surface area contributed by atoms with Crippen LogP contribution in [0.2, 0.25) is 0 Å². The van der Waals surface area contributed by atoms with Gasteiger partial charge in [-0.15, -0.1) is 0 Å². The van der Waals surface area contributed by atoms with E-state index in [4.69, 9.17) is 5.11 Å². The molecule has 7 heteroatoms. The molecule has 0 radical (unpaired) electrons. The average molecular weight is 351 g/mol. The Morgan fingerprint density at radius 3 is 2.88 bits per heavy atom. The molecule has 0 bridgehead atoms. The van der Waals surface area contributed by atoms with Crippen molar-refractivity contribution in [2.24, 2.45) is 0 Å². The monoisotopic (exact) mass is 350 g/mol. The Hall–Kier alpha value is -0.248. The van der Waals surface area contributed by atoms with Crippen LogP contribution < -0.4 is 10.6 Å². The third kappa shape index (κ3) is 3.87. The molecule has 2 fully saturated rings. The zero-order chi connectivity index (χ0) is 11.5. The molecule has 0 aromatic carbocycles. The number of carboxylic acid groups (broad SMARTS) is 1. The summed E-state index contributed by atoms with van der Waals surface area (Å²) >= 11 is 1.87. The van der Waals surface area contributed by atoms with Crippen molar-refractivity contribution in [1.82, 2.24) is 10.6 Å². The summed E-state index contributed by atoms with van der Waals surface area (Å²) in [5, 5.41) is 14.8. The van der Waals surface area contributed by atoms with Gasteiger partial charge in [0.25, 0.3) is 0 Å². The van der Waals surface area contributed by atoms with Crippen LogP contribution >= 0.6 is 11.8 Å². The van der Waals surface area contributed by atoms with E-state index in [2.05, 4.69) is 10.6 Å². The zero-order valence-electron chi connectivity index (χ0n) is 9.26. The molecular weight excluding hydrogens is 335 g/mol. The van der Waals surface area contributed by atoms with Gasteiger partial charge in [-0.05, 0) is 12.8 Å². The first-order valence-corrected chi connectivity index (χ1v) is 6.62. The predicted molar refractivity (Wildman–Crippen MR) is 61.6 cm³/mol. The van der Waals surface area contributed by atoms with E-state index in [1.54, 1.807) is 0 Å². The molecule has 3 N–H and O–H groups in total. The van der Waals surface area contributed by atoms with Crippen LogP contribution in [0.25, 0.3) is 0 Å². The largest absolute Gasteiger partial charge is 0.481 e. The molecule has 2 aliphatic heterocycles. The van der Waals surface area contributed by atoms with Gasteiger partial charge in [-0.25, -0.2) is 4.79 Å². The van der Waals surface area contributed by atoms with Crippen LogP contribution in [-0.4, -0.2) is 40.2 Å². The third-order valence-electron chi connectivity index (χ3n) is 3.07. The van der Waals surface area contributed by atoms with E-state index in [9.17, 15) is 9.59 Å². The minimum atomic E-state index is -0.729. The quantitative estimate of drug-likeness (QED) is 0.389. The molecule has 0 unspecified atom stereocenters. The van der Waals surface area contributed by atoms with Crippen molar-refractivity contribution < 1.29 is 35.1 Å². The predicted octanol–water partition coefficient (Wildman–Crippen LogP) is 0.794. The molecule has 0 saturated carbocycles. The van der Waals surface area contributed by atoms with Crippen LogP contribution in [0.15, 0.2) is 0 Å². The summed E-state index contributed by atoms with van der Waals surface area (Å²) in [5.41, 5.74) is 0. The van der Waals surface area contributed by atoms with E-state index in [0.29, 0.717) is 5.25 Å². The second-order valence-corrected chi connectivity index (χ2v) is 5.53. The number of nitrogens with one attached hydrogen (secondary N) is 2. The van der Waals surface area contributed by atoms with Gasteiger partial charge >= 0.3 is 12.0 Å². The first-order chi connectivity index (χ1) is 7.66. The van der Waals surface area contributed by atoms with E-state index in [0.717, 1.165) is 25.0 Å². The second kappa shape index (κ2) is 6.62. The van der Waals surface area contributed by atoms with Gasteiger partial charge in [-0.2, -0.15) is 11.8 Å². The Morgan fingerprint density at radius 1 is 1.41 bits per heavy atom. The molecule has 5 nitrogen and oxygen atoms in total. The number of hydrogen-bond donors (Lipinski definition) is 3. The molecule has 0 aromatic heterocycles. The molecule has 17 heavy (non-hydrogen) atoms. The Labute approximate surface area is 118 Å². The number of carboxylic acids is 1. The maximum Gasteiger partial charge on any atom is 0.315 e. The molecule has 2 aliphatic rings. The normalized spacial score (nSPS) is 30.1. The molecule has 100 valence electrons. The third-order valence-corrected chi connectivity index (χ3v) is 4.58. The van der Waals surface area contributed by atoms with E-state index >= 15 is 0 Å². The molecule has 2 rings (SSSR count). The van der Waals surface area contributed by atoms with Gasteiger partial charge in [0.15, 0.2) is 0 Å². The molecule has 2 amide bonds. The molecule has 0 aliphatic carbocycles. The SMILES string of the molecule is O=C(O)CCCC[C@@H]1SC[C@@H]2NC(=O)N[C@@H]21.[Pd]. The Bertz CT molecular complexity index is 303. The van der Waals surface area contributed by atoms with Crippen molar-refractivity contribution in [3.8, 4) is 0 Å². The van der Waals surface area contributed by atoms with E-state index in [1.807, 2.05) is 11.8 Å². The van der Waals surface area contributed by atoms with Gasteiger partial charge in [-0.3, -0.25) is 4.79 Å². The van der Waals surface area contributed by atoms with Gasteiger partial charge in [0.05, 0.1) is 12.1 Å². The van der Waals surface area contributed by atoms with Crippen molar-refractivity contribution in [2.45, 2.75) is 43.0 Å². The average Bonchev–Trinajstić information content (AvgIpc) is 2.72. The number of thioether (sulfide) groups is 1. The van der Waals surface area contributed by atoms with Crippen LogP contribution in [0, 0.1) is 0 Å². The van der Waals surface area contributed by atoms with E-state index in [1.165, 1.54) is 0 Å². The fraction of sp³-hybridized carbons (Fsp3) is 0.800. The Kier molecular flexibility index (Phi) is 5.77. The molecule has 2 heterocycles. The van der Waals surface area contributed by atoms with Gasteiger partial charge in [-0.1, -0.05) is 6.42 Å². The van der Waals surface area contributed by atoms with E-state index in [-0.39, 0.29) is 45.0 Å². The summed E-state index contributed by atoms with van der Waals surface area (Å²) in [5.74, 6) is 0.236. The number of urea groups is 1. The first-order valence-electron chi connectivity index (χ1n) is 5.57. The zero-order valence-corrected chi connectivity index (χ0v) is 11.6. The maximum absolute atomic E-state index is 11.1. The number of carbonyl (C=O) groups is 2. The summed E-state index contributed by atoms with van der Waals surface area (Å²) < 4.78 is 0. The van der Waals surface area contributed by atoms with Crippen molar-refractivity contribution in [2.75, 3.05) is 5.75 Å². The number of aliphatic carboxylic acids is 1. The van der Waals surface area contributed by atoms with Crippen molar-refractivity contribution in [3.05, 3.63) is 0 Å². The Balaban J connectivity index is 0.00000144. The smallest absolute Gasteiger partial charge is 0.315 e. The van der Waals surface area contributed by atoms with Crippen molar-refractivity contribution >= 4 is 23.8 Å². The van der Waals surface area contributed by atoms with E-state index < -0.39 is 5.97 Å². The van der Waals surface area contributed by atoms with Gasteiger partial charge in [0, 0.05) is 37.8 Å². The summed E-state index contributed by atoms with van der Waals surface area (Å²) in [6, 6.07) is 0.440. The summed E-state index contributed by atoms with van der Waals surface area (Å²) in [6.45, 7) is 0. The minimum Gasteiger partial charge on any atom is -0.481 e. The Morgan fingerprint density at radius 2 is 2.18 bits per heavy atom.